The van der Waals surface area contributed by atoms with Gasteiger partial charge in [0.2, 0.25) is 5.91 Å². The van der Waals surface area contributed by atoms with E-state index < -0.39 is 10.8 Å². The highest BCUT2D eigenvalue weighted by Gasteiger charge is 2.54. The maximum Gasteiger partial charge on any atom is 0.236 e. The number of anilines is 1. The molecule has 3 heteroatoms. The Hall–Kier alpha value is -2.03. The van der Waals surface area contributed by atoms with Crippen LogP contribution in [0.3, 0.4) is 0 Å². The zero-order chi connectivity index (χ0) is 15.8. The van der Waals surface area contributed by atoms with Crippen LogP contribution in [-0.2, 0) is 10.2 Å². The van der Waals surface area contributed by atoms with E-state index in [0.717, 1.165) is 5.56 Å². The number of hydrogen-bond acceptors (Lipinski definition) is 2. The van der Waals surface area contributed by atoms with Crippen molar-refractivity contribution in [3.63, 3.8) is 0 Å². The molecule has 2 rings (SSSR count). The van der Waals surface area contributed by atoms with Crippen molar-refractivity contribution in [1.82, 2.24) is 0 Å². The maximum atomic E-state index is 12.8. The van der Waals surface area contributed by atoms with Gasteiger partial charge in [0, 0.05) is 17.2 Å². The normalized spacial score (nSPS) is 20.7. The molecule has 2 N–H and O–H groups in total. The summed E-state index contributed by atoms with van der Waals surface area (Å²) in [6.45, 7) is 12.0. The minimum atomic E-state index is -0.699. The molecule has 112 valence electrons. The zero-order valence-corrected chi connectivity index (χ0v) is 13.2. The van der Waals surface area contributed by atoms with Crippen molar-refractivity contribution < 1.29 is 9.90 Å². The van der Waals surface area contributed by atoms with Crippen molar-refractivity contribution in [3.8, 4) is 5.75 Å². The van der Waals surface area contributed by atoms with E-state index in [1.165, 1.54) is 5.57 Å². The van der Waals surface area contributed by atoms with E-state index in [0.29, 0.717) is 12.1 Å². The van der Waals surface area contributed by atoms with E-state index in [-0.39, 0.29) is 11.7 Å². The van der Waals surface area contributed by atoms with Crippen molar-refractivity contribution in [2.24, 2.45) is 5.41 Å². The predicted molar refractivity (Wildman–Crippen MR) is 86.4 cm³/mol. The Bertz CT molecular complexity index is 624. The molecule has 0 aliphatic carbocycles. The van der Waals surface area contributed by atoms with Crippen LogP contribution >= 0.6 is 0 Å². The molecule has 0 saturated carbocycles. The van der Waals surface area contributed by atoms with E-state index in [2.05, 4.69) is 18.0 Å². The first kappa shape index (κ1) is 15.4. The first-order valence-corrected chi connectivity index (χ1v) is 7.16. The number of aromatic hydroxyl groups is 1. The van der Waals surface area contributed by atoms with Crippen molar-refractivity contribution in [2.75, 3.05) is 5.32 Å². The first-order valence-electron chi connectivity index (χ1n) is 7.16. The van der Waals surface area contributed by atoms with Crippen molar-refractivity contribution in [2.45, 2.75) is 39.5 Å². The summed E-state index contributed by atoms with van der Waals surface area (Å²) in [7, 11) is 0. The van der Waals surface area contributed by atoms with Gasteiger partial charge in [-0.05, 0) is 31.9 Å². The number of amides is 1. The van der Waals surface area contributed by atoms with E-state index >= 15 is 0 Å². The average Bonchev–Trinajstić information content (AvgIpc) is 2.68. The Morgan fingerprint density at radius 3 is 2.67 bits per heavy atom. The van der Waals surface area contributed by atoms with Gasteiger partial charge in [0.15, 0.2) is 0 Å². The number of nitrogens with one attached hydrogen (secondary N) is 1. The van der Waals surface area contributed by atoms with Crippen LogP contribution < -0.4 is 5.32 Å². The Kier molecular flexibility index (Phi) is 3.70. The van der Waals surface area contributed by atoms with Gasteiger partial charge in [-0.3, -0.25) is 4.79 Å². The van der Waals surface area contributed by atoms with E-state index in [4.69, 9.17) is 0 Å². The molecule has 21 heavy (non-hydrogen) atoms. The van der Waals surface area contributed by atoms with Crippen molar-refractivity contribution in [1.29, 1.82) is 0 Å². The van der Waals surface area contributed by atoms with Gasteiger partial charge in [0.1, 0.15) is 5.75 Å². The van der Waals surface area contributed by atoms with Gasteiger partial charge in [-0.15, -0.1) is 6.58 Å². The highest BCUT2D eigenvalue weighted by molar-refractivity contribution is 6.07. The average molecular weight is 285 g/mol. The van der Waals surface area contributed by atoms with Crippen LogP contribution in [0, 0.1) is 5.41 Å². The lowest BCUT2D eigenvalue weighted by Crippen LogP contribution is -2.46. The highest BCUT2D eigenvalue weighted by Crippen LogP contribution is 2.53. The number of phenolic OH excluding ortho intramolecular Hbond substituents is 1. The molecule has 0 radical (unpaired) electrons. The minimum Gasteiger partial charge on any atom is -0.508 e. The lowest BCUT2D eigenvalue weighted by molar-refractivity contribution is -0.123. The fraction of sp³-hybridized carbons (Fsp3) is 0.389. The molecule has 3 nitrogen and oxygen atoms in total. The molecule has 0 fully saturated rings. The quantitative estimate of drug-likeness (QED) is 0.816. The summed E-state index contributed by atoms with van der Waals surface area (Å²) in [6.07, 6.45) is 4.54. The van der Waals surface area contributed by atoms with Crippen LogP contribution in [0.25, 0.3) is 0 Å². The van der Waals surface area contributed by atoms with Crippen LogP contribution in [0.4, 0.5) is 5.69 Å². The van der Waals surface area contributed by atoms with E-state index in [1.807, 2.05) is 39.8 Å². The largest absolute Gasteiger partial charge is 0.508 e. The molecule has 0 saturated heterocycles. The monoisotopic (exact) mass is 285 g/mol. The first-order chi connectivity index (χ1) is 9.74. The van der Waals surface area contributed by atoms with Gasteiger partial charge >= 0.3 is 0 Å². The molecular formula is C18H23NO2. The van der Waals surface area contributed by atoms with Crippen molar-refractivity contribution >= 4 is 11.6 Å². The predicted octanol–water partition coefficient (Wildman–Crippen LogP) is 4.15. The third kappa shape index (κ3) is 2.27. The van der Waals surface area contributed by atoms with Crippen LogP contribution in [0.15, 0.2) is 42.5 Å². The number of carbonyl (C=O) groups excluding carboxylic acids is 1. The van der Waals surface area contributed by atoms with Crippen LogP contribution in [-0.4, -0.2) is 11.0 Å². The number of fused-ring (bicyclic) bond motifs is 1. The molecule has 1 unspecified atom stereocenters. The number of allylic oxidation sites excluding steroid dienone is 3. The van der Waals surface area contributed by atoms with Crippen LogP contribution in [0.1, 0.15) is 39.7 Å². The second-order valence-electron chi connectivity index (χ2n) is 6.50. The van der Waals surface area contributed by atoms with Gasteiger partial charge in [0.05, 0.1) is 5.41 Å². The van der Waals surface area contributed by atoms with Gasteiger partial charge in [-0.2, -0.15) is 0 Å². The summed E-state index contributed by atoms with van der Waals surface area (Å²) in [5.41, 5.74) is 1.68. The van der Waals surface area contributed by atoms with Gasteiger partial charge in [-0.25, -0.2) is 0 Å². The molecular weight excluding hydrogens is 262 g/mol. The summed E-state index contributed by atoms with van der Waals surface area (Å²) in [5.74, 6) is 0.119. The summed E-state index contributed by atoms with van der Waals surface area (Å²) in [5, 5.41) is 12.6. The molecule has 0 aromatic heterocycles. The van der Waals surface area contributed by atoms with Gasteiger partial charge in [0.25, 0.3) is 0 Å². The molecule has 1 aliphatic heterocycles. The molecule has 1 aromatic carbocycles. The number of carbonyl (C=O) groups is 1. The van der Waals surface area contributed by atoms with Gasteiger partial charge < -0.3 is 10.4 Å². The highest BCUT2D eigenvalue weighted by atomic mass is 16.3. The smallest absolute Gasteiger partial charge is 0.236 e. The SMILES string of the molecule is C=CC(C)(C)C1(CC=C(C)C)C(=O)Nc2cc(O)ccc21. The second kappa shape index (κ2) is 5.06. The molecule has 0 bridgehead atoms. The summed E-state index contributed by atoms with van der Waals surface area (Å²) >= 11 is 0. The molecule has 0 spiro atoms. The molecule has 1 aromatic rings. The standard InChI is InChI=1S/C18H23NO2/c1-6-17(4,5)18(10-9-12(2)3)14-8-7-13(20)11-15(14)19-16(18)21/h6-9,11,20H,1,10H2,2-5H3,(H,19,21). The summed E-state index contributed by atoms with van der Waals surface area (Å²) < 4.78 is 0. The van der Waals surface area contributed by atoms with E-state index in [1.54, 1.807) is 12.1 Å². The molecule has 1 atom stereocenters. The topological polar surface area (TPSA) is 49.3 Å². The lowest BCUT2D eigenvalue weighted by atomic mass is 9.60. The van der Waals surface area contributed by atoms with Gasteiger partial charge in [-0.1, -0.05) is 37.6 Å². The lowest BCUT2D eigenvalue weighted by Gasteiger charge is -2.40. The molecule has 1 amide bonds. The minimum absolute atomic E-state index is 0.0366. The van der Waals surface area contributed by atoms with Crippen molar-refractivity contribution in [3.05, 3.63) is 48.1 Å². The maximum absolute atomic E-state index is 12.8. The fourth-order valence-corrected chi connectivity index (χ4v) is 3.00. The third-order valence-corrected chi connectivity index (χ3v) is 4.53. The Morgan fingerprint density at radius 1 is 1.43 bits per heavy atom. The Morgan fingerprint density at radius 2 is 2.10 bits per heavy atom. The molecule has 1 aliphatic rings. The number of phenols is 1. The second-order valence-corrected chi connectivity index (χ2v) is 6.50. The zero-order valence-electron chi connectivity index (χ0n) is 13.2. The number of rotatable bonds is 4. The molecule has 1 heterocycles. The number of hydrogen-bond donors (Lipinski definition) is 2. The summed E-state index contributed by atoms with van der Waals surface area (Å²) in [6, 6.07) is 5.08. The summed E-state index contributed by atoms with van der Waals surface area (Å²) in [4.78, 5) is 12.8. The Balaban J connectivity index is 2.69. The number of benzene rings is 1. The Labute approximate surface area is 126 Å². The fourth-order valence-electron chi connectivity index (χ4n) is 3.00. The van der Waals surface area contributed by atoms with Crippen LogP contribution in [0.5, 0.6) is 5.75 Å². The van der Waals surface area contributed by atoms with Crippen LogP contribution in [0.2, 0.25) is 0 Å². The third-order valence-electron chi connectivity index (χ3n) is 4.53. The van der Waals surface area contributed by atoms with E-state index in [9.17, 15) is 9.90 Å².